The minimum Gasteiger partial charge on any atom is -0.381 e. The Bertz CT molecular complexity index is 491. The van der Waals surface area contributed by atoms with Crippen molar-refractivity contribution in [2.24, 2.45) is 0 Å². The highest BCUT2D eigenvalue weighted by Gasteiger charge is 2.18. The second kappa shape index (κ2) is 5.50. The number of benzene rings is 1. The molecule has 1 N–H and O–H groups in total. The van der Waals surface area contributed by atoms with Gasteiger partial charge >= 0.3 is 0 Å². The molecular weight excluding hydrogens is 268 g/mol. The molecule has 0 spiro atoms. The van der Waals surface area contributed by atoms with Crippen LogP contribution in [-0.2, 0) is 10.0 Å². The first-order chi connectivity index (χ1) is 8.50. The molecular formula is C12H18N2O2S2. The number of hydrogen-bond acceptors (Lipinski definition) is 4. The summed E-state index contributed by atoms with van der Waals surface area (Å²) in [6, 6.07) is 7.48. The van der Waals surface area contributed by atoms with Gasteiger partial charge in [0.1, 0.15) is 0 Å². The normalized spacial score (nSPS) is 20.3. The summed E-state index contributed by atoms with van der Waals surface area (Å²) in [6.45, 7) is 0. The van der Waals surface area contributed by atoms with Crippen LogP contribution in [0.5, 0.6) is 0 Å². The highest BCUT2D eigenvalue weighted by Crippen LogP contribution is 2.22. The van der Waals surface area contributed by atoms with E-state index in [9.17, 15) is 8.42 Å². The van der Waals surface area contributed by atoms with Crippen molar-refractivity contribution >= 4 is 27.5 Å². The standard InChI is InChI=1S/C12H18N2O2S2/c1-14(2)18(15,16)12-5-3-10(4-6-12)13-11-7-8-17-9-11/h3-6,11,13H,7-9H2,1-2H3. The molecule has 1 saturated heterocycles. The van der Waals surface area contributed by atoms with E-state index >= 15 is 0 Å². The van der Waals surface area contributed by atoms with Crippen LogP contribution in [0.4, 0.5) is 5.69 Å². The summed E-state index contributed by atoms with van der Waals surface area (Å²) >= 11 is 1.95. The Morgan fingerprint density at radius 1 is 1.28 bits per heavy atom. The molecule has 1 aromatic rings. The van der Waals surface area contributed by atoms with Crippen molar-refractivity contribution < 1.29 is 8.42 Å². The van der Waals surface area contributed by atoms with Gasteiger partial charge in [0.25, 0.3) is 0 Å². The van der Waals surface area contributed by atoms with E-state index in [-0.39, 0.29) is 0 Å². The molecule has 0 amide bonds. The number of thioether (sulfide) groups is 1. The third-order valence-corrected chi connectivity index (χ3v) is 5.93. The summed E-state index contributed by atoms with van der Waals surface area (Å²) in [5.41, 5.74) is 0.986. The summed E-state index contributed by atoms with van der Waals surface area (Å²) in [7, 11) is -0.242. The Morgan fingerprint density at radius 3 is 2.44 bits per heavy atom. The van der Waals surface area contributed by atoms with Crippen molar-refractivity contribution in [1.82, 2.24) is 4.31 Å². The number of sulfonamides is 1. The molecule has 0 aromatic heterocycles. The predicted octanol–water partition coefficient (Wildman–Crippen LogP) is 1.85. The Morgan fingerprint density at radius 2 is 1.94 bits per heavy atom. The smallest absolute Gasteiger partial charge is 0.242 e. The van der Waals surface area contributed by atoms with Crippen LogP contribution >= 0.6 is 11.8 Å². The lowest BCUT2D eigenvalue weighted by atomic mass is 10.2. The van der Waals surface area contributed by atoms with Gasteiger partial charge in [-0.15, -0.1) is 0 Å². The molecule has 1 aromatic carbocycles. The lowest BCUT2D eigenvalue weighted by molar-refractivity contribution is 0.521. The molecule has 1 fully saturated rings. The van der Waals surface area contributed by atoms with Gasteiger partial charge in [0.15, 0.2) is 0 Å². The van der Waals surface area contributed by atoms with Gasteiger partial charge < -0.3 is 5.32 Å². The van der Waals surface area contributed by atoms with Gasteiger partial charge in [-0.3, -0.25) is 0 Å². The van der Waals surface area contributed by atoms with Gasteiger partial charge in [0.05, 0.1) is 4.90 Å². The molecule has 1 heterocycles. The van der Waals surface area contributed by atoms with Crippen molar-refractivity contribution in [1.29, 1.82) is 0 Å². The highest BCUT2D eigenvalue weighted by atomic mass is 32.2. The maximum absolute atomic E-state index is 11.9. The molecule has 0 radical (unpaired) electrons. The molecule has 2 rings (SSSR count). The second-order valence-corrected chi connectivity index (χ2v) is 7.82. The zero-order valence-corrected chi connectivity index (χ0v) is 12.2. The average molecular weight is 286 g/mol. The maximum atomic E-state index is 11.9. The van der Waals surface area contributed by atoms with Crippen LogP contribution in [0.2, 0.25) is 0 Å². The SMILES string of the molecule is CN(C)S(=O)(=O)c1ccc(NC2CCSC2)cc1. The predicted molar refractivity (Wildman–Crippen MR) is 76.7 cm³/mol. The third-order valence-electron chi connectivity index (χ3n) is 2.93. The second-order valence-electron chi connectivity index (χ2n) is 4.52. The molecule has 18 heavy (non-hydrogen) atoms. The molecule has 4 nitrogen and oxygen atoms in total. The highest BCUT2D eigenvalue weighted by molar-refractivity contribution is 7.99. The van der Waals surface area contributed by atoms with Crippen LogP contribution in [0.1, 0.15) is 6.42 Å². The molecule has 1 unspecified atom stereocenters. The molecule has 0 saturated carbocycles. The number of rotatable bonds is 4. The largest absolute Gasteiger partial charge is 0.381 e. The molecule has 1 aliphatic heterocycles. The summed E-state index contributed by atoms with van der Waals surface area (Å²) < 4.78 is 25.0. The fraction of sp³-hybridized carbons (Fsp3) is 0.500. The average Bonchev–Trinajstić information content (AvgIpc) is 2.82. The van der Waals surface area contributed by atoms with Crippen molar-refractivity contribution in [2.45, 2.75) is 17.4 Å². The zero-order valence-electron chi connectivity index (χ0n) is 10.6. The van der Waals surface area contributed by atoms with Crippen molar-refractivity contribution in [3.05, 3.63) is 24.3 Å². The maximum Gasteiger partial charge on any atom is 0.242 e. The van der Waals surface area contributed by atoms with Gasteiger partial charge in [0, 0.05) is 31.6 Å². The number of nitrogens with one attached hydrogen (secondary N) is 1. The van der Waals surface area contributed by atoms with Gasteiger partial charge in [0.2, 0.25) is 10.0 Å². The quantitative estimate of drug-likeness (QED) is 0.918. The zero-order chi connectivity index (χ0) is 13.2. The van der Waals surface area contributed by atoms with Gasteiger partial charge in [-0.25, -0.2) is 12.7 Å². The van der Waals surface area contributed by atoms with Crippen LogP contribution in [0.3, 0.4) is 0 Å². The number of hydrogen-bond donors (Lipinski definition) is 1. The molecule has 1 atom stereocenters. The van der Waals surface area contributed by atoms with Crippen LogP contribution in [0.25, 0.3) is 0 Å². The van der Waals surface area contributed by atoms with E-state index < -0.39 is 10.0 Å². The van der Waals surface area contributed by atoms with Crippen molar-refractivity contribution in [3.8, 4) is 0 Å². The molecule has 0 bridgehead atoms. The number of anilines is 1. The number of nitrogens with zero attached hydrogens (tertiary/aromatic N) is 1. The first-order valence-corrected chi connectivity index (χ1v) is 8.46. The van der Waals surface area contributed by atoms with Gasteiger partial charge in [-0.2, -0.15) is 11.8 Å². The van der Waals surface area contributed by atoms with E-state index in [0.29, 0.717) is 10.9 Å². The Labute approximate surface area is 113 Å². The van der Waals surface area contributed by atoms with E-state index in [1.54, 1.807) is 12.1 Å². The van der Waals surface area contributed by atoms with Crippen LogP contribution in [0, 0.1) is 0 Å². The van der Waals surface area contributed by atoms with Crippen LogP contribution in [0.15, 0.2) is 29.2 Å². The topological polar surface area (TPSA) is 49.4 Å². The molecule has 1 aliphatic rings. The fourth-order valence-corrected chi connectivity index (χ4v) is 3.87. The minimum atomic E-state index is -3.32. The van der Waals surface area contributed by atoms with E-state index in [1.807, 2.05) is 23.9 Å². The van der Waals surface area contributed by atoms with Crippen LogP contribution < -0.4 is 5.32 Å². The summed E-state index contributed by atoms with van der Waals surface area (Å²) in [4.78, 5) is 0.332. The van der Waals surface area contributed by atoms with Crippen molar-refractivity contribution in [3.63, 3.8) is 0 Å². The van der Waals surface area contributed by atoms with Gasteiger partial charge in [-0.1, -0.05) is 0 Å². The first kappa shape index (κ1) is 13.7. The van der Waals surface area contributed by atoms with Crippen LogP contribution in [-0.4, -0.2) is 44.4 Å². The summed E-state index contributed by atoms with van der Waals surface area (Å²) in [5, 5.41) is 3.42. The van der Waals surface area contributed by atoms with E-state index in [0.717, 1.165) is 11.4 Å². The monoisotopic (exact) mass is 286 g/mol. The Hall–Kier alpha value is -0.720. The Balaban J connectivity index is 2.10. The van der Waals surface area contributed by atoms with E-state index in [2.05, 4.69) is 5.32 Å². The van der Waals surface area contributed by atoms with E-state index in [1.165, 1.54) is 30.6 Å². The molecule has 6 heteroatoms. The first-order valence-electron chi connectivity index (χ1n) is 5.87. The molecule has 100 valence electrons. The fourth-order valence-electron chi connectivity index (χ4n) is 1.82. The summed E-state index contributed by atoms with van der Waals surface area (Å²) in [6.07, 6.45) is 1.17. The van der Waals surface area contributed by atoms with Gasteiger partial charge in [-0.05, 0) is 36.4 Å². The summed E-state index contributed by atoms with van der Waals surface area (Å²) in [5.74, 6) is 2.32. The third kappa shape index (κ3) is 2.99. The molecule has 0 aliphatic carbocycles. The minimum absolute atomic E-state index is 0.332. The Kier molecular flexibility index (Phi) is 4.19. The lowest BCUT2D eigenvalue weighted by Gasteiger charge is -2.14. The van der Waals surface area contributed by atoms with Crippen molar-refractivity contribution in [2.75, 3.05) is 30.9 Å². The lowest BCUT2D eigenvalue weighted by Crippen LogP contribution is -2.22. The van der Waals surface area contributed by atoms with E-state index in [4.69, 9.17) is 0 Å².